The van der Waals surface area contributed by atoms with Crippen LogP contribution in [0.4, 0.5) is 5.69 Å². The number of aryl methyl sites for hydroxylation is 1. The van der Waals surface area contributed by atoms with Gasteiger partial charge < -0.3 is 5.32 Å². The van der Waals surface area contributed by atoms with Crippen LogP contribution in [0.1, 0.15) is 42.5 Å². The number of carbonyl (C=O) groups excluding carboxylic acids is 1. The highest BCUT2D eigenvalue weighted by molar-refractivity contribution is 7.90. The number of anilines is 1. The quantitative estimate of drug-likeness (QED) is 0.911. The molecule has 7 heteroatoms. The Hall–Kier alpha value is -2.15. The zero-order valence-corrected chi connectivity index (χ0v) is 14.5. The molecule has 1 aromatic carbocycles. The smallest absolute Gasteiger partial charge is 0.276 e. The molecule has 1 heterocycles. The van der Waals surface area contributed by atoms with Crippen LogP contribution in [0.25, 0.3) is 0 Å². The van der Waals surface area contributed by atoms with Gasteiger partial charge in [-0.05, 0) is 38.5 Å². The molecule has 0 radical (unpaired) electrons. The van der Waals surface area contributed by atoms with Gasteiger partial charge >= 0.3 is 0 Å². The van der Waals surface area contributed by atoms with Crippen LogP contribution in [-0.4, -0.2) is 30.4 Å². The van der Waals surface area contributed by atoms with Crippen molar-refractivity contribution in [2.24, 2.45) is 0 Å². The van der Waals surface area contributed by atoms with Crippen molar-refractivity contribution in [2.45, 2.75) is 38.1 Å². The van der Waals surface area contributed by atoms with E-state index in [0.717, 1.165) is 18.4 Å². The number of nitrogens with zero attached hydrogens (tertiary/aromatic N) is 2. The summed E-state index contributed by atoms with van der Waals surface area (Å²) in [5, 5.41) is 6.96. The maximum atomic E-state index is 12.4. The van der Waals surface area contributed by atoms with Crippen molar-refractivity contribution in [1.82, 2.24) is 9.78 Å². The Bertz CT molecular complexity index is 825. The van der Waals surface area contributed by atoms with Crippen molar-refractivity contribution < 1.29 is 13.2 Å². The summed E-state index contributed by atoms with van der Waals surface area (Å²) in [5.41, 5.74) is 1.42. The highest BCUT2D eigenvalue weighted by atomic mass is 32.2. The molecule has 0 fully saturated rings. The monoisotopic (exact) mass is 335 g/mol. The van der Waals surface area contributed by atoms with E-state index in [1.54, 1.807) is 28.9 Å². The van der Waals surface area contributed by atoms with Gasteiger partial charge in [-0.1, -0.05) is 19.1 Å². The number of amides is 1. The average molecular weight is 335 g/mol. The summed E-state index contributed by atoms with van der Waals surface area (Å²) < 4.78 is 25.4. The minimum Gasteiger partial charge on any atom is -0.319 e. The summed E-state index contributed by atoms with van der Waals surface area (Å²) >= 11 is 0. The van der Waals surface area contributed by atoms with Gasteiger partial charge in [0.2, 0.25) is 0 Å². The van der Waals surface area contributed by atoms with E-state index < -0.39 is 15.7 Å². The lowest BCUT2D eigenvalue weighted by Gasteiger charge is -2.11. The van der Waals surface area contributed by atoms with E-state index in [1.165, 1.54) is 6.07 Å². The van der Waals surface area contributed by atoms with Crippen molar-refractivity contribution in [3.05, 3.63) is 41.7 Å². The van der Waals surface area contributed by atoms with Crippen molar-refractivity contribution in [3.8, 4) is 0 Å². The molecule has 1 aromatic heterocycles. The minimum absolute atomic E-state index is 0.0893. The third-order valence-corrected chi connectivity index (χ3v) is 4.85. The molecule has 0 spiro atoms. The third kappa shape index (κ3) is 3.79. The highest BCUT2D eigenvalue weighted by Crippen LogP contribution is 2.21. The molecule has 0 saturated carbocycles. The molecule has 2 aromatic rings. The maximum absolute atomic E-state index is 12.4. The standard InChI is InChI=1S/C16H21N3O3S/c1-5-11(2)19-12(3)10-14(18-19)16(20)17-13-8-6-7-9-15(13)23(4,21)22/h6-11H,5H2,1-4H3,(H,17,20)/t11-/m1/s1. The van der Waals surface area contributed by atoms with Crippen molar-refractivity contribution in [1.29, 1.82) is 0 Å². The van der Waals surface area contributed by atoms with Crippen molar-refractivity contribution in [2.75, 3.05) is 11.6 Å². The van der Waals surface area contributed by atoms with Crippen LogP contribution in [0.3, 0.4) is 0 Å². The molecule has 0 bridgehead atoms. The van der Waals surface area contributed by atoms with Crippen molar-refractivity contribution in [3.63, 3.8) is 0 Å². The Morgan fingerprint density at radius 1 is 1.35 bits per heavy atom. The predicted octanol–water partition coefficient (Wildman–Crippen LogP) is 2.82. The summed E-state index contributed by atoms with van der Waals surface area (Å²) in [6.07, 6.45) is 2.01. The Morgan fingerprint density at radius 2 is 2.00 bits per heavy atom. The number of rotatable bonds is 5. The molecule has 1 amide bonds. The van der Waals surface area contributed by atoms with Crippen LogP contribution in [0, 0.1) is 6.92 Å². The predicted molar refractivity (Wildman–Crippen MR) is 89.5 cm³/mol. The van der Waals surface area contributed by atoms with Crippen LogP contribution in [0.2, 0.25) is 0 Å². The third-order valence-electron chi connectivity index (χ3n) is 3.70. The normalized spacial score (nSPS) is 12.9. The van der Waals surface area contributed by atoms with Gasteiger partial charge in [0.05, 0.1) is 10.6 Å². The minimum atomic E-state index is -3.42. The molecular formula is C16H21N3O3S. The van der Waals surface area contributed by atoms with Gasteiger partial charge in [0.1, 0.15) is 0 Å². The van der Waals surface area contributed by atoms with Gasteiger partial charge in [-0.3, -0.25) is 9.48 Å². The lowest BCUT2D eigenvalue weighted by atomic mass is 10.2. The van der Waals surface area contributed by atoms with Gasteiger partial charge in [0.15, 0.2) is 15.5 Å². The number of hydrogen-bond acceptors (Lipinski definition) is 4. The Balaban J connectivity index is 2.31. The van der Waals surface area contributed by atoms with Crippen LogP contribution in [-0.2, 0) is 9.84 Å². The second-order valence-corrected chi connectivity index (χ2v) is 7.58. The molecule has 1 atom stereocenters. The molecule has 0 aliphatic carbocycles. The SMILES string of the molecule is CC[C@@H](C)n1nc(C(=O)Nc2ccccc2S(C)(=O)=O)cc1C. The number of benzene rings is 1. The number of hydrogen-bond donors (Lipinski definition) is 1. The fourth-order valence-corrected chi connectivity index (χ4v) is 3.14. The largest absolute Gasteiger partial charge is 0.319 e. The number of sulfone groups is 1. The molecule has 0 aliphatic rings. The second-order valence-electron chi connectivity index (χ2n) is 5.60. The zero-order chi connectivity index (χ0) is 17.2. The molecule has 6 nitrogen and oxygen atoms in total. The van der Waals surface area contributed by atoms with Crippen molar-refractivity contribution >= 4 is 21.4 Å². The lowest BCUT2D eigenvalue weighted by molar-refractivity contribution is 0.102. The summed E-state index contributed by atoms with van der Waals surface area (Å²) in [4.78, 5) is 12.5. The maximum Gasteiger partial charge on any atom is 0.276 e. The highest BCUT2D eigenvalue weighted by Gasteiger charge is 2.18. The first kappa shape index (κ1) is 17.2. The van der Waals surface area contributed by atoms with Gasteiger partial charge in [0, 0.05) is 18.0 Å². The number of carbonyl (C=O) groups is 1. The van der Waals surface area contributed by atoms with Gasteiger partial charge in [0.25, 0.3) is 5.91 Å². The van der Waals surface area contributed by atoms with Crippen LogP contribution in [0.5, 0.6) is 0 Å². The van der Waals surface area contributed by atoms with E-state index in [4.69, 9.17) is 0 Å². The molecule has 124 valence electrons. The van der Waals surface area contributed by atoms with E-state index in [-0.39, 0.29) is 22.3 Å². The fraction of sp³-hybridized carbons (Fsp3) is 0.375. The first-order chi connectivity index (χ1) is 10.7. The van der Waals surface area contributed by atoms with E-state index in [2.05, 4.69) is 10.4 Å². The Kier molecular flexibility index (Phi) is 4.89. The summed E-state index contributed by atoms with van der Waals surface area (Å²) in [5.74, 6) is -0.425. The van der Waals surface area contributed by atoms with E-state index in [0.29, 0.717) is 0 Å². The first-order valence-corrected chi connectivity index (χ1v) is 9.29. The topological polar surface area (TPSA) is 81.1 Å². The summed E-state index contributed by atoms with van der Waals surface area (Å²) in [6.45, 7) is 5.97. The average Bonchev–Trinajstić information content (AvgIpc) is 2.88. The molecule has 0 unspecified atom stereocenters. The molecule has 1 N–H and O–H groups in total. The Labute approximate surface area is 136 Å². The zero-order valence-electron chi connectivity index (χ0n) is 13.7. The molecular weight excluding hydrogens is 314 g/mol. The van der Waals surface area contributed by atoms with E-state index >= 15 is 0 Å². The van der Waals surface area contributed by atoms with Gasteiger partial charge in [-0.25, -0.2) is 8.42 Å². The second kappa shape index (κ2) is 6.54. The van der Waals surface area contributed by atoms with Crippen LogP contribution < -0.4 is 5.32 Å². The number of nitrogens with one attached hydrogen (secondary N) is 1. The van der Waals surface area contributed by atoms with Crippen LogP contribution >= 0.6 is 0 Å². The van der Waals surface area contributed by atoms with Gasteiger partial charge in [-0.15, -0.1) is 0 Å². The first-order valence-electron chi connectivity index (χ1n) is 7.40. The summed E-state index contributed by atoms with van der Waals surface area (Å²) in [7, 11) is -3.42. The van der Waals surface area contributed by atoms with Gasteiger partial charge in [-0.2, -0.15) is 5.10 Å². The van der Waals surface area contributed by atoms with Crippen LogP contribution in [0.15, 0.2) is 35.2 Å². The lowest BCUT2D eigenvalue weighted by Crippen LogP contribution is -2.16. The molecule has 0 aliphatic heterocycles. The van der Waals surface area contributed by atoms with E-state index in [9.17, 15) is 13.2 Å². The summed E-state index contributed by atoms with van der Waals surface area (Å²) in [6, 6.07) is 8.21. The van der Waals surface area contributed by atoms with E-state index in [1.807, 2.05) is 20.8 Å². The fourth-order valence-electron chi connectivity index (χ4n) is 2.30. The number of para-hydroxylation sites is 1. The number of aromatic nitrogens is 2. The molecule has 23 heavy (non-hydrogen) atoms. The molecule has 0 saturated heterocycles. The Morgan fingerprint density at radius 3 is 2.61 bits per heavy atom. The molecule has 2 rings (SSSR count).